The third kappa shape index (κ3) is 2.17. The van der Waals surface area contributed by atoms with E-state index < -0.39 is 0 Å². The van der Waals surface area contributed by atoms with E-state index in [0.717, 1.165) is 39.8 Å². The van der Waals surface area contributed by atoms with Gasteiger partial charge in [0.15, 0.2) is 0 Å². The Labute approximate surface area is 136 Å². The van der Waals surface area contributed by atoms with Gasteiger partial charge in [0.05, 0.1) is 5.69 Å². The zero-order chi connectivity index (χ0) is 15.1. The van der Waals surface area contributed by atoms with Crippen molar-refractivity contribution < 1.29 is 4.79 Å². The zero-order valence-corrected chi connectivity index (χ0v) is 13.7. The Balaban J connectivity index is 1.70. The summed E-state index contributed by atoms with van der Waals surface area (Å²) >= 11 is 3.14. The molecule has 5 heteroatoms. The van der Waals surface area contributed by atoms with Gasteiger partial charge >= 0.3 is 0 Å². The molecule has 0 aliphatic carbocycles. The first kappa shape index (κ1) is 13.7. The summed E-state index contributed by atoms with van der Waals surface area (Å²) in [5.74, 6) is 0.0708. The van der Waals surface area contributed by atoms with Crippen LogP contribution in [0, 0.1) is 6.92 Å². The van der Waals surface area contributed by atoms with Gasteiger partial charge in [-0.1, -0.05) is 18.2 Å². The van der Waals surface area contributed by atoms with Crippen LogP contribution in [-0.4, -0.2) is 17.4 Å². The van der Waals surface area contributed by atoms with E-state index in [0.29, 0.717) is 0 Å². The van der Waals surface area contributed by atoms with Crippen molar-refractivity contribution >= 4 is 34.3 Å². The van der Waals surface area contributed by atoms with Gasteiger partial charge in [-0.15, -0.1) is 11.3 Å². The van der Waals surface area contributed by atoms with Crippen LogP contribution in [0.15, 0.2) is 41.1 Å². The molecular weight excluding hydrogens is 312 g/mol. The molecule has 0 fully saturated rings. The molecule has 3 nitrogen and oxygen atoms in total. The smallest absolute Gasteiger partial charge is 0.270 e. The lowest BCUT2D eigenvalue weighted by Crippen LogP contribution is -2.28. The number of amides is 1. The van der Waals surface area contributed by atoms with Gasteiger partial charge < -0.3 is 4.90 Å². The summed E-state index contributed by atoms with van der Waals surface area (Å²) in [5.41, 5.74) is 4.20. The third-order valence-electron chi connectivity index (χ3n) is 3.89. The van der Waals surface area contributed by atoms with Crippen LogP contribution in [0.25, 0.3) is 10.6 Å². The maximum absolute atomic E-state index is 12.9. The van der Waals surface area contributed by atoms with E-state index in [4.69, 9.17) is 0 Å². The molecule has 0 bridgehead atoms. The number of anilines is 1. The number of aromatic nitrogens is 1. The minimum Gasteiger partial charge on any atom is -0.307 e. The van der Waals surface area contributed by atoms with Crippen molar-refractivity contribution in [3.63, 3.8) is 0 Å². The second-order valence-corrected chi connectivity index (χ2v) is 7.06. The first-order valence-corrected chi connectivity index (χ1v) is 8.90. The summed E-state index contributed by atoms with van der Waals surface area (Å²) in [6.45, 7) is 2.67. The molecule has 110 valence electrons. The van der Waals surface area contributed by atoms with E-state index >= 15 is 0 Å². The van der Waals surface area contributed by atoms with Gasteiger partial charge in [0.25, 0.3) is 5.91 Å². The molecule has 1 amide bonds. The molecule has 4 rings (SSSR count). The highest BCUT2D eigenvalue weighted by Gasteiger charge is 2.28. The number of hydrogen-bond acceptors (Lipinski definition) is 4. The topological polar surface area (TPSA) is 33.2 Å². The number of thiophene rings is 1. The lowest BCUT2D eigenvalue weighted by atomic mass is 10.2. The Morgan fingerprint density at radius 2 is 2.14 bits per heavy atom. The van der Waals surface area contributed by atoms with Gasteiger partial charge in [-0.05, 0) is 36.4 Å². The van der Waals surface area contributed by atoms with Crippen LogP contribution in [-0.2, 0) is 6.42 Å². The molecule has 0 atom stereocenters. The standard InChI is InChI=1S/C17H14N2OS2/c1-11-15(22-16(18-11)13-7-9-21-10-13)17(20)19-8-6-12-4-2-3-5-14(12)19/h2-5,7,9-10H,6,8H2,1H3. The molecule has 0 saturated heterocycles. The zero-order valence-electron chi connectivity index (χ0n) is 12.1. The van der Waals surface area contributed by atoms with Gasteiger partial charge in [0.1, 0.15) is 9.88 Å². The van der Waals surface area contributed by atoms with E-state index in [2.05, 4.69) is 16.4 Å². The maximum atomic E-state index is 12.9. The van der Waals surface area contributed by atoms with Crippen molar-refractivity contribution in [1.29, 1.82) is 0 Å². The predicted octanol–water partition coefficient (Wildman–Crippen LogP) is 4.38. The summed E-state index contributed by atoms with van der Waals surface area (Å²) in [4.78, 5) is 20.1. The number of hydrogen-bond donors (Lipinski definition) is 0. The normalized spacial score (nSPS) is 13.4. The number of thiazole rings is 1. The number of aryl methyl sites for hydroxylation is 1. The van der Waals surface area contributed by atoms with Gasteiger partial charge in [-0.2, -0.15) is 11.3 Å². The monoisotopic (exact) mass is 326 g/mol. The first-order valence-electron chi connectivity index (χ1n) is 7.14. The van der Waals surface area contributed by atoms with Crippen molar-refractivity contribution in [2.75, 3.05) is 11.4 Å². The summed E-state index contributed by atoms with van der Waals surface area (Å²) in [6.07, 6.45) is 0.928. The number of fused-ring (bicyclic) bond motifs is 1. The lowest BCUT2D eigenvalue weighted by molar-refractivity contribution is 0.0992. The van der Waals surface area contributed by atoms with E-state index in [1.165, 1.54) is 16.9 Å². The van der Waals surface area contributed by atoms with E-state index in [-0.39, 0.29) is 5.91 Å². The molecule has 0 N–H and O–H groups in total. The molecule has 0 radical (unpaired) electrons. The molecule has 3 heterocycles. The van der Waals surface area contributed by atoms with Crippen LogP contribution >= 0.6 is 22.7 Å². The fourth-order valence-corrected chi connectivity index (χ4v) is 4.50. The highest BCUT2D eigenvalue weighted by molar-refractivity contribution is 7.17. The number of carbonyl (C=O) groups excluding carboxylic acids is 1. The van der Waals surface area contributed by atoms with Crippen molar-refractivity contribution in [1.82, 2.24) is 4.98 Å². The fourth-order valence-electron chi connectivity index (χ4n) is 2.78. The second kappa shape index (κ2) is 5.34. The van der Waals surface area contributed by atoms with Crippen LogP contribution in [0.4, 0.5) is 5.69 Å². The summed E-state index contributed by atoms with van der Waals surface area (Å²) in [5, 5.41) is 5.02. The molecule has 2 aromatic heterocycles. The minimum absolute atomic E-state index is 0.0708. The summed E-state index contributed by atoms with van der Waals surface area (Å²) in [6, 6.07) is 10.2. The quantitative estimate of drug-likeness (QED) is 0.700. The minimum atomic E-state index is 0.0708. The number of rotatable bonds is 2. The number of para-hydroxylation sites is 1. The summed E-state index contributed by atoms with van der Waals surface area (Å²) in [7, 11) is 0. The molecule has 22 heavy (non-hydrogen) atoms. The van der Waals surface area contributed by atoms with Crippen molar-refractivity contribution in [3.8, 4) is 10.6 Å². The number of nitrogens with zero attached hydrogens (tertiary/aromatic N) is 2. The molecule has 1 aliphatic heterocycles. The SMILES string of the molecule is Cc1nc(-c2ccsc2)sc1C(=O)N1CCc2ccccc21. The average Bonchev–Trinajstić information content (AvgIpc) is 3.25. The van der Waals surface area contributed by atoms with Crippen LogP contribution in [0.3, 0.4) is 0 Å². The predicted molar refractivity (Wildman–Crippen MR) is 92.0 cm³/mol. The lowest BCUT2D eigenvalue weighted by Gasteiger charge is -2.16. The Hall–Kier alpha value is -1.98. The molecule has 0 saturated carbocycles. The van der Waals surface area contributed by atoms with Crippen LogP contribution < -0.4 is 4.90 Å². The van der Waals surface area contributed by atoms with Crippen molar-refractivity contribution in [2.24, 2.45) is 0 Å². The molecule has 0 unspecified atom stereocenters. The van der Waals surface area contributed by atoms with Gasteiger partial charge in [-0.3, -0.25) is 4.79 Å². The van der Waals surface area contributed by atoms with Crippen LogP contribution in [0.5, 0.6) is 0 Å². The maximum Gasteiger partial charge on any atom is 0.270 e. The Morgan fingerprint density at radius 1 is 1.27 bits per heavy atom. The van der Waals surface area contributed by atoms with Gasteiger partial charge in [-0.25, -0.2) is 4.98 Å². The molecule has 1 aromatic carbocycles. The molecular formula is C17H14N2OS2. The largest absolute Gasteiger partial charge is 0.307 e. The van der Waals surface area contributed by atoms with E-state index in [9.17, 15) is 4.79 Å². The Bertz CT molecular complexity index is 836. The third-order valence-corrected chi connectivity index (χ3v) is 5.77. The summed E-state index contributed by atoms with van der Waals surface area (Å²) < 4.78 is 0. The fraction of sp³-hybridized carbons (Fsp3) is 0.176. The van der Waals surface area contributed by atoms with Crippen LogP contribution in [0.1, 0.15) is 20.9 Å². The second-order valence-electron chi connectivity index (χ2n) is 5.28. The van der Waals surface area contributed by atoms with Crippen molar-refractivity contribution in [3.05, 3.63) is 57.2 Å². The van der Waals surface area contributed by atoms with Crippen LogP contribution in [0.2, 0.25) is 0 Å². The van der Waals surface area contributed by atoms with E-state index in [1.807, 2.05) is 41.5 Å². The van der Waals surface area contributed by atoms with E-state index in [1.54, 1.807) is 11.3 Å². The Kier molecular flexibility index (Phi) is 3.32. The highest BCUT2D eigenvalue weighted by atomic mass is 32.1. The average molecular weight is 326 g/mol. The molecule has 0 spiro atoms. The van der Waals surface area contributed by atoms with Crippen molar-refractivity contribution in [2.45, 2.75) is 13.3 Å². The number of carbonyl (C=O) groups is 1. The number of benzene rings is 1. The Morgan fingerprint density at radius 3 is 2.95 bits per heavy atom. The highest BCUT2D eigenvalue weighted by Crippen LogP contribution is 2.33. The molecule has 1 aliphatic rings. The van der Waals surface area contributed by atoms with Gasteiger partial charge in [0.2, 0.25) is 0 Å². The van der Waals surface area contributed by atoms with Gasteiger partial charge in [0, 0.05) is 23.2 Å². The first-order chi connectivity index (χ1) is 10.7. The molecule has 3 aromatic rings.